The Morgan fingerprint density at radius 1 is 1.50 bits per heavy atom. The van der Waals surface area contributed by atoms with Crippen LogP contribution in [0, 0.1) is 5.92 Å². The number of sulfonamides is 1. The van der Waals surface area contributed by atoms with Crippen molar-refractivity contribution in [1.82, 2.24) is 14.5 Å². The molecule has 3 N–H and O–H groups in total. The molecule has 0 aliphatic heterocycles. The second kappa shape index (κ2) is 6.19. The van der Waals surface area contributed by atoms with E-state index in [1.807, 2.05) is 6.92 Å². The summed E-state index contributed by atoms with van der Waals surface area (Å²) in [5.74, 6) is 0.621. The van der Waals surface area contributed by atoms with Gasteiger partial charge in [0, 0.05) is 19.3 Å². The average molecular weight is 274 g/mol. The first-order valence-electron chi connectivity index (χ1n) is 6.19. The maximum Gasteiger partial charge on any atom is 0.245 e. The first kappa shape index (κ1) is 15.0. The van der Waals surface area contributed by atoms with Gasteiger partial charge in [0.05, 0.1) is 0 Å². The van der Waals surface area contributed by atoms with Gasteiger partial charge in [-0.3, -0.25) is 4.68 Å². The number of nitrogen functional groups attached to an aromatic ring is 1. The molecule has 0 aromatic carbocycles. The lowest BCUT2D eigenvalue weighted by Gasteiger charge is -2.06. The van der Waals surface area contributed by atoms with Crippen molar-refractivity contribution in [3.63, 3.8) is 0 Å². The molecule has 0 fully saturated rings. The zero-order valence-electron chi connectivity index (χ0n) is 11.2. The predicted octanol–water partition coefficient (Wildman–Crippen LogP) is 1.20. The normalized spacial score (nSPS) is 12.2. The second-order valence-corrected chi connectivity index (χ2v) is 6.40. The van der Waals surface area contributed by atoms with E-state index in [2.05, 4.69) is 23.7 Å². The zero-order chi connectivity index (χ0) is 13.8. The van der Waals surface area contributed by atoms with E-state index in [4.69, 9.17) is 5.73 Å². The molecule has 0 bridgehead atoms. The molecular formula is C11H22N4O2S. The van der Waals surface area contributed by atoms with Crippen molar-refractivity contribution >= 4 is 15.8 Å². The highest BCUT2D eigenvalue weighted by Gasteiger charge is 2.20. The minimum absolute atomic E-state index is 0.0493. The predicted molar refractivity (Wildman–Crippen MR) is 71.6 cm³/mol. The SMILES string of the molecule is CCn1cc(S(=O)(=O)NCCCC(C)C)c(N)n1. The third kappa shape index (κ3) is 3.99. The van der Waals surface area contributed by atoms with E-state index in [1.54, 1.807) is 0 Å². The minimum Gasteiger partial charge on any atom is -0.381 e. The first-order valence-corrected chi connectivity index (χ1v) is 7.67. The highest BCUT2D eigenvalue weighted by molar-refractivity contribution is 7.89. The summed E-state index contributed by atoms with van der Waals surface area (Å²) < 4.78 is 28.0. The largest absolute Gasteiger partial charge is 0.381 e. The lowest BCUT2D eigenvalue weighted by molar-refractivity contribution is 0.540. The highest BCUT2D eigenvalue weighted by Crippen LogP contribution is 2.16. The van der Waals surface area contributed by atoms with E-state index < -0.39 is 10.0 Å². The molecule has 6 nitrogen and oxygen atoms in total. The highest BCUT2D eigenvalue weighted by atomic mass is 32.2. The summed E-state index contributed by atoms with van der Waals surface area (Å²) in [6, 6.07) is 0. The molecule has 1 aromatic rings. The maximum atomic E-state index is 12.0. The molecule has 0 spiro atoms. The van der Waals surface area contributed by atoms with Crippen molar-refractivity contribution in [2.45, 2.75) is 45.1 Å². The van der Waals surface area contributed by atoms with Crippen molar-refractivity contribution in [2.24, 2.45) is 5.92 Å². The number of rotatable bonds is 7. The van der Waals surface area contributed by atoms with Crippen molar-refractivity contribution < 1.29 is 8.42 Å². The van der Waals surface area contributed by atoms with Gasteiger partial charge < -0.3 is 5.73 Å². The van der Waals surface area contributed by atoms with E-state index in [9.17, 15) is 8.42 Å². The van der Waals surface area contributed by atoms with Crippen LogP contribution in [-0.2, 0) is 16.6 Å². The van der Waals surface area contributed by atoms with Crippen LogP contribution in [0.3, 0.4) is 0 Å². The Bertz CT molecular complexity index is 479. The fourth-order valence-electron chi connectivity index (χ4n) is 1.58. The minimum atomic E-state index is -3.54. The van der Waals surface area contributed by atoms with Crippen molar-refractivity contribution in [3.8, 4) is 0 Å². The van der Waals surface area contributed by atoms with Crippen LogP contribution in [0.25, 0.3) is 0 Å². The molecule has 0 atom stereocenters. The molecule has 1 aromatic heterocycles. The lowest BCUT2D eigenvalue weighted by Crippen LogP contribution is -2.25. The van der Waals surface area contributed by atoms with Gasteiger partial charge in [0.1, 0.15) is 4.90 Å². The molecule has 1 rings (SSSR count). The van der Waals surface area contributed by atoms with Crippen molar-refractivity contribution in [1.29, 1.82) is 0 Å². The molecule has 0 unspecified atom stereocenters. The number of aromatic nitrogens is 2. The van der Waals surface area contributed by atoms with Crippen LogP contribution in [0.2, 0.25) is 0 Å². The summed E-state index contributed by atoms with van der Waals surface area (Å²) in [6.07, 6.45) is 3.27. The van der Waals surface area contributed by atoms with E-state index in [1.165, 1.54) is 10.9 Å². The monoisotopic (exact) mass is 274 g/mol. The number of nitrogens with two attached hydrogens (primary N) is 1. The summed E-state index contributed by atoms with van der Waals surface area (Å²) in [4.78, 5) is 0.0638. The molecule has 0 radical (unpaired) electrons. The Morgan fingerprint density at radius 3 is 2.67 bits per heavy atom. The smallest absolute Gasteiger partial charge is 0.245 e. The number of nitrogens with zero attached hydrogens (tertiary/aromatic N) is 2. The average Bonchev–Trinajstić information content (AvgIpc) is 2.66. The van der Waals surface area contributed by atoms with Gasteiger partial charge in [-0.05, 0) is 25.7 Å². The van der Waals surface area contributed by atoms with Crippen LogP contribution in [-0.4, -0.2) is 24.7 Å². The van der Waals surface area contributed by atoms with E-state index in [-0.39, 0.29) is 10.7 Å². The van der Waals surface area contributed by atoms with Gasteiger partial charge in [-0.15, -0.1) is 0 Å². The number of aryl methyl sites for hydroxylation is 1. The van der Waals surface area contributed by atoms with Gasteiger partial charge in [-0.1, -0.05) is 13.8 Å². The molecule has 0 aliphatic rings. The van der Waals surface area contributed by atoms with E-state index in [0.717, 1.165) is 12.8 Å². The zero-order valence-corrected chi connectivity index (χ0v) is 12.0. The molecule has 0 saturated carbocycles. The quantitative estimate of drug-likeness (QED) is 0.731. The molecule has 0 aliphatic carbocycles. The molecule has 0 amide bonds. The molecule has 18 heavy (non-hydrogen) atoms. The summed E-state index contributed by atoms with van der Waals surface area (Å²) in [6.45, 7) is 7.11. The van der Waals surface area contributed by atoms with E-state index in [0.29, 0.717) is 19.0 Å². The summed E-state index contributed by atoms with van der Waals surface area (Å²) in [5.41, 5.74) is 5.60. The van der Waals surface area contributed by atoms with Gasteiger partial charge in [0.2, 0.25) is 10.0 Å². The van der Waals surface area contributed by atoms with Crippen LogP contribution in [0.15, 0.2) is 11.1 Å². The Hall–Kier alpha value is -1.08. The van der Waals surface area contributed by atoms with Crippen LogP contribution in [0.1, 0.15) is 33.6 Å². The fraction of sp³-hybridized carbons (Fsp3) is 0.727. The summed E-state index contributed by atoms with van der Waals surface area (Å²) >= 11 is 0. The number of nitrogens with one attached hydrogen (secondary N) is 1. The van der Waals surface area contributed by atoms with Crippen LogP contribution >= 0.6 is 0 Å². The number of anilines is 1. The first-order chi connectivity index (χ1) is 8.36. The standard InChI is InChI=1S/C11H22N4O2S/c1-4-15-8-10(11(12)14-15)18(16,17)13-7-5-6-9(2)3/h8-9,13H,4-7H2,1-3H3,(H2,12,14). The van der Waals surface area contributed by atoms with Gasteiger partial charge in [0.15, 0.2) is 5.82 Å². The summed E-state index contributed by atoms with van der Waals surface area (Å²) in [5, 5.41) is 3.93. The maximum absolute atomic E-state index is 12.0. The number of hydrogen-bond acceptors (Lipinski definition) is 4. The fourth-order valence-corrected chi connectivity index (χ4v) is 2.73. The molecule has 104 valence electrons. The molecule has 1 heterocycles. The van der Waals surface area contributed by atoms with Gasteiger partial charge in [-0.2, -0.15) is 5.10 Å². The van der Waals surface area contributed by atoms with E-state index >= 15 is 0 Å². The second-order valence-electron chi connectivity index (χ2n) is 4.67. The number of hydrogen-bond donors (Lipinski definition) is 2. The Balaban J connectivity index is 2.65. The Kier molecular flexibility index (Phi) is 5.15. The van der Waals surface area contributed by atoms with Crippen LogP contribution in [0.4, 0.5) is 5.82 Å². The Morgan fingerprint density at radius 2 is 2.17 bits per heavy atom. The third-order valence-electron chi connectivity index (χ3n) is 2.62. The van der Waals surface area contributed by atoms with Gasteiger partial charge >= 0.3 is 0 Å². The topological polar surface area (TPSA) is 90.0 Å². The van der Waals surface area contributed by atoms with Crippen LogP contribution < -0.4 is 10.5 Å². The van der Waals surface area contributed by atoms with Crippen molar-refractivity contribution in [3.05, 3.63) is 6.20 Å². The Labute approximate surface area is 109 Å². The van der Waals surface area contributed by atoms with Gasteiger partial charge in [-0.25, -0.2) is 13.1 Å². The lowest BCUT2D eigenvalue weighted by atomic mass is 10.1. The molecule has 0 saturated heterocycles. The molecular weight excluding hydrogens is 252 g/mol. The van der Waals surface area contributed by atoms with Crippen LogP contribution in [0.5, 0.6) is 0 Å². The van der Waals surface area contributed by atoms with Crippen molar-refractivity contribution in [2.75, 3.05) is 12.3 Å². The molecule has 7 heteroatoms. The third-order valence-corrected chi connectivity index (χ3v) is 4.10. The summed E-state index contributed by atoms with van der Waals surface area (Å²) in [7, 11) is -3.54. The van der Waals surface area contributed by atoms with Gasteiger partial charge in [0.25, 0.3) is 0 Å².